The van der Waals surface area contributed by atoms with E-state index in [4.69, 9.17) is 9.98 Å². The zero-order chi connectivity index (χ0) is 17.1. The molecule has 0 saturated heterocycles. The van der Waals surface area contributed by atoms with Crippen LogP contribution in [0.25, 0.3) is 0 Å². The van der Waals surface area contributed by atoms with Crippen molar-refractivity contribution in [3.05, 3.63) is 107 Å². The molecule has 1 N–H and O–H groups in total. The number of hydrogen-bond donors (Lipinski definition) is 1. The van der Waals surface area contributed by atoms with Gasteiger partial charge in [-0.2, -0.15) is 0 Å². The Hall–Kier alpha value is -3.20. The quantitative estimate of drug-likeness (QED) is 0.757. The SMILES string of the molecule is Cc1cccc(C2=NC(c3ccccc3)N=C(c3ccccc3)N2)c1. The summed E-state index contributed by atoms with van der Waals surface area (Å²) in [5, 5.41) is 3.41. The number of benzene rings is 3. The highest BCUT2D eigenvalue weighted by Crippen LogP contribution is 2.24. The number of nitrogens with one attached hydrogen (secondary N) is 1. The van der Waals surface area contributed by atoms with Crippen LogP contribution in [0, 0.1) is 6.92 Å². The predicted molar refractivity (Wildman–Crippen MR) is 103 cm³/mol. The fourth-order valence-corrected chi connectivity index (χ4v) is 2.91. The molecule has 3 aromatic carbocycles. The fraction of sp³-hybridized carbons (Fsp3) is 0.0909. The smallest absolute Gasteiger partial charge is 0.169 e. The molecule has 0 fully saturated rings. The Morgan fingerprint density at radius 3 is 1.96 bits per heavy atom. The van der Waals surface area contributed by atoms with Crippen molar-refractivity contribution in [1.29, 1.82) is 0 Å². The van der Waals surface area contributed by atoms with Crippen molar-refractivity contribution >= 4 is 11.7 Å². The van der Waals surface area contributed by atoms with E-state index in [9.17, 15) is 0 Å². The van der Waals surface area contributed by atoms with Gasteiger partial charge in [-0.25, -0.2) is 9.98 Å². The molecule has 4 rings (SSSR count). The molecule has 3 nitrogen and oxygen atoms in total. The van der Waals surface area contributed by atoms with E-state index in [0.717, 1.165) is 28.4 Å². The number of amidine groups is 2. The third-order valence-corrected chi connectivity index (χ3v) is 4.18. The summed E-state index contributed by atoms with van der Waals surface area (Å²) in [6.45, 7) is 2.09. The molecule has 0 aliphatic carbocycles. The van der Waals surface area contributed by atoms with Crippen LogP contribution in [-0.2, 0) is 0 Å². The first kappa shape index (κ1) is 15.3. The highest BCUT2D eigenvalue weighted by atomic mass is 15.2. The minimum Gasteiger partial charge on any atom is -0.324 e. The predicted octanol–water partition coefficient (Wildman–Crippen LogP) is 4.49. The van der Waals surface area contributed by atoms with Crippen molar-refractivity contribution in [2.75, 3.05) is 0 Å². The lowest BCUT2D eigenvalue weighted by Gasteiger charge is -2.22. The van der Waals surface area contributed by atoms with Gasteiger partial charge in [-0.05, 0) is 18.6 Å². The van der Waals surface area contributed by atoms with E-state index in [1.807, 2.05) is 36.4 Å². The highest BCUT2D eigenvalue weighted by Gasteiger charge is 2.20. The Bertz CT molecular complexity index is 928. The molecule has 1 unspecified atom stereocenters. The lowest BCUT2D eigenvalue weighted by molar-refractivity contribution is 0.756. The molecule has 0 aromatic heterocycles. The zero-order valence-corrected chi connectivity index (χ0v) is 14.1. The maximum atomic E-state index is 4.86. The Kier molecular flexibility index (Phi) is 4.13. The van der Waals surface area contributed by atoms with Gasteiger partial charge in [0.15, 0.2) is 6.17 Å². The summed E-state index contributed by atoms with van der Waals surface area (Å²) >= 11 is 0. The first-order valence-electron chi connectivity index (χ1n) is 8.40. The number of aryl methyl sites for hydroxylation is 1. The summed E-state index contributed by atoms with van der Waals surface area (Å²) in [4.78, 5) is 9.70. The summed E-state index contributed by atoms with van der Waals surface area (Å²) in [7, 11) is 0. The average molecular weight is 325 g/mol. The van der Waals surface area contributed by atoms with Crippen molar-refractivity contribution in [3.8, 4) is 0 Å². The van der Waals surface area contributed by atoms with Gasteiger partial charge in [0, 0.05) is 11.1 Å². The molecule has 3 aromatic rings. The summed E-state index contributed by atoms with van der Waals surface area (Å²) in [5.74, 6) is 1.70. The molecule has 122 valence electrons. The van der Waals surface area contributed by atoms with Crippen LogP contribution < -0.4 is 5.32 Å². The Balaban J connectivity index is 1.79. The van der Waals surface area contributed by atoms with Gasteiger partial charge in [-0.3, -0.25) is 0 Å². The van der Waals surface area contributed by atoms with Gasteiger partial charge >= 0.3 is 0 Å². The molecular weight excluding hydrogens is 306 g/mol. The van der Waals surface area contributed by atoms with Crippen LogP contribution in [0.15, 0.2) is 94.9 Å². The molecule has 25 heavy (non-hydrogen) atoms. The molecule has 0 spiro atoms. The van der Waals surface area contributed by atoms with Crippen LogP contribution in [-0.4, -0.2) is 11.7 Å². The molecule has 1 heterocycles. The van der Waals surface area contributed by atoms with Crippen LogP contribution in [0.4, 0.5) is 0 Å². The highest BCUT2D eigenvalue weighted by molar-refractivity contribution is 6.15. The molecule has 0 amide bonds. The van der Waals surface area contributed by atoms with E-state index < -0.39 is 0 Å². The van der Waals surface area contributed by atoms with Crippen LogP contribution >= 0.6 is 0 Å². The fourth-order valence-electron chi connectivity index (χ4n) is 2.91. The third kappa shape index (κ3) is 3.36. The van der Waals surface area contributed by atoms with Gasteiger partial charge in [0.2, 0.25) is 0 Å². The monoisotopic (exact) mass is 325 g/mol. The molecule has 1 aliphatic heterocycles. The normalized spacial score (nSPS) is 16.6. The first-order valence-corrected chi connectivity index (χ1v) is 8.40. The summed E-state index contributed by atoms with van der Waals surface area (Å²) in [6, 6.07) is 28.7. The second-order valence-corrected chi connectivity index (χ2v) is 6.10. The van der Waals surface area contributed by atoms with E-state index in [2.05, 4.69) is 60.8 Å². The minimum atomic E-state index is -0.242. The van der Waals surface area contributed by atoms with E-state index in [-0.39, 0.29) is 6.17 Å². The summed E-state index contributed by atoms with van der Waals surface area (Å²) in [6.07, 6.45) is -0.242. The molecule has 0 bridgehead atoms. The molecule has 0 saturated carbocycles. The van der Waals surface area contributed by atoms with Crippen LogP contribution in [0.3, 0.4) is 0 Å². The van der Waals surface area contributed by atoms with Crippen molar-refractivity contribution in [3.63, 3.8) is 0 Å². The lowest BCUT2D eigenvalue weighted by Crippen LogP contribution is -2.36. The van der Waals surface area contributed by atoms with Crippen molar-refractivity contribution in [2.24, 2.45) is 9.98 Å². The second-order valence-electron chi connectivity index (χ2n) is 6.10. The topological polar surface area (TPSA) is 36.8 Å². The maximum Gasteiger partial charge on any atom is 0.169 e. The van der Waals surface area contributed by atoms with Gasteiger partial charge in [-0.15, -0.1) is 0 Å². The van der Waals surface area contributed by atoms with Crippen LogP contribution in [0.2, 0.25) is 0 Å². The standard InChI is InChI=1S/C22H19N3/c1-16-9-8-14-19(15-16)22-24-20(17-10-4-2-5-11-17)23-21(25-22)18-12-6-3-7-13-18/h2-15,20H,1H3,(H,23,24,25). The molecular formula is C22H19N3. The average Bonchev–Trinajstić information content (AvgIpc) is 2.69. The third-order valence-electron chi connectivity index (χ3n) is 4.18. The van der Waals surface area contributed by atoms with E-state index in [0.29, 0.717) is 0 Å². The van der Waals surface area contributed by atoms with E-state index in [1.165, 1.54) is 5.56 Å². The number of rotatable bonds is 3. The Morgan fingerprint density at radius 2 is 1.28 bits per heavy atom. The van der Waals surface area contributed by atoms with E-state index in [1.54, 1.807) is 0 Å². The first-order chi connectivity index (χ1) is 12.3. The Morgan fingerprint density at radius 1 is 0.680 bits per heavy atom. The summed E-state index contributed by atoms with van der Waals surface area (Å²) in [5.41, 5.74) is 4.43. The molecule has 1 atom stereocenters. The second kappa shape index (κ2) is 6.73. The lowest BCUT2D eigenvalue weighted by atomic mass is 10.1. The molecule has 0 radical (unpaired) electrons. The van der Waals surface area contributed by atoms with Gasteiger partial charge in [0.05, 0.1) is 0 Å². The van der Waals surface area contributed by atoms with Crippen LogP contribution in [0.5, 0.6) is 0 Å². The van der Waals surface area contributed by atoms with E-state index >= 15 is 0 Å². The van der Waals surface area contributed by atoms with Gasteiger partial charge in [-0.1, -0.05) is 84.4 Å². The molecule has 1 aliphatic rings. The van der Waals surface area contributed by atoms with Crippen molar-refractivity contribution < 1.29 is 0 Å². The minimum absolute atomic E-state index is 0.242. The zero-order valence-electron chi connectivity index (χ0n) is 14.1. The summed E-state index contributed by atoms with van der Waals surface area (Å²) < 4.78 is 0. The van der Waals surface area contributed by atoms with Crippen molar-refractivity contribution in [2.45, 2.75) is 13.1 Å². The van der Waals surface area contributed by atoms with Gasteiger partial charge < -0.3 is 5.32 Å². The number of hydrogen-bond acceptors (Lipinski definition) is 3. The van der Waals surface area contributed by atoms with Gasteiger partial charge in [0.1, 0.15) is 11.7 Å². The molecule has 3 heteroatoms. The van der Waals surface area contributed by atoms with Crippen molar-refractivity contribution in [1.82, 2.24) is 5.32 Å². The van der Waals surface area contributed by atoms with Crippen LogP contribution in [0.1, 0.15) is 28.4 Å². The maximum absolute atomic E-state index is 4.86. The largest absolute Gasteiger partial charge is 0.324 e. The van der Waals surface area contributed by atoms with Gasteiger partial charge in [0.25, 0.3) is 0 Å². The number of nitrogens with zero attached hydrogens (tertiary/aromatic N) is 2. The number of aliphatic imine (C=N–C) groups is 2. The Labute approximate surface area is 147 Å².